The van der Waals surface area contributed by atoms with E-state index < -0.39 is 0 Å². The monoisotopic (exact) mass is 246 g/mol. The molecule has 1 aliphatic rings. The smallest absolute Gasteiger partial charge is 0.408 e. The normalized spacial score (nSPS) is 19.7. The Morgan fingerprint density at radius 1 is 1.50 bits per heavy atom. The number of hydrogen-bond donors (Lipinski definition) is 1. The van der Waals surface area contributed by atoms with Crippen molar-refractivity contribution in [1.82, 2.24) is 9.88 Å². The first-order chi connectivity index (χ1) is 8.74. The molecule has 0 aliphatic carbocycles. The molecule has 3 rings (SSSR count). The Morgan fingerprint density at radius 3 is 3.17 bits per heavy atom. The predicted molar refractivity (Wildman–Crippen MR) is 70.8 cm³/mol. The summed E-state index contributed by atoms with van der Waals surface area (Å²) in [5.74, 6) is 0.505. The zero-order valence-corrected chi connectivity index (χ0v) is 10.6. The topological polar surface area (TPSA) is 47.2 Å². The van der Waals surface area contributed by atoms with Crippen molar-refractivity contribution in [2.24, 2.45) is 13.0 Å². The number of nitrogens with one attached hydrogen (secondary N) is 1. The summed E-state index contributed by atoms with van der Waals surface area (Å²) in [6.07, 6.45) is 3.54. The van der Waals surface area contributed by atoms with Crippen LogP contribution in [0.25, 0.3) is 11.1 Å². The Balaban J connectivity index is 1.78. The van der Waals surface area contributed by atoms with Gasteiger partial charge in [-0.3, -0.25) is 4.57 Å². The molecule has 1 saturated heterocycles. The lowest BCUT2D eigenvalue weighted by molar-refractivity contribution is 0.524. The third-order valence-electron chi connectivity index (χ3n) is 3.86. The lowest BCUT2D eigenvalue weighted by atomic mass is 9.99. The second-order valence-corrected chi connectivity index (χ2v) is 5.13. The van der Waals surface area contributed by atoms with Crippen molar-refractivity contribution in [3.8, 4) is 0 Å². The van der Waals surface area contributed by atoms with E-state index in [1.54, 1.807) is 11.6 Å². The van der Waals surface area contributed by atoms with E-state index in [4.69, 9.17) is 4.42 Å². The molecule has 0 saturated carbocycles. The molecule has 18 heavy (non-hydrogen) atoms. The number of aromatic nitrogens is 1. The number of nitrogens with zero attached hydrogens (tertiary/aromatic N) is 1. The molecule has 0 bridgehead atoms. The fraction of sp³-hybridized carbons (Fsp3) is 0.500. The zero-order chi connectivity index (χ0) is 12.5. The number of oxazole rings is 1. The highest BCUT2D eigenvalue weighted by molar-refractivity contribution is 5.73. The van der Waals surface area contributed by atoms with Gasteiger partial charge in [-0.1, -0.05) is 6.07 Å². The first kappa shape index (κ1) is 11.5. The molecule has 0 spiro atoms. The van der Waals surface area contributed by atoms with Gasteiger partial charge in [0.1, 0.15) is 0 Å². The van der Waals surface area contributed by atoms with Gasteiger partial charge in [-0.15, -0.1) is 0 Å². The summed E-state index contributed by atoms with van der Waals surface area (Å²) in [6.45, 7) is 2.29. The minimum absolute atomic E-state index is 0.290. The highest BCUT2D eigenvalue weighted by Gasteiger charge is 2.14. The Labute approximate surface area is 106 Å². The van der Waals surface area contributed by atoms with Crippen LogP contribution >= 0.6 is 0 Å². The van der Waals surface area contributed by atoms with Crippen molar-refractivity contribution < 1.29 is 4.42 Å². The first-order valence-corrected chi connectivity index (χ1v) is 6.53. The Hall–Kier alpha value is -1.55. The van der Waals surface area contributed by atoms with E-state index in [-0.39, 0.29) is 5.76 Å². The molecule has 1 unspecified atom stereocenters. The van der Waals surface area contributed by atoms with Crippen LogP contribution in [0.15, 0.2) is 27.4 Å². The van der Waals surface area contributed by atoms with Gasteiger partial charge in [0.25, 0.3) is 0 Å². The molecular formula is C14H18N2O2. The summed E-state index contributed by atoms with van der Waals surface area (Å²) in [4.78, 5) is 11.4. The fourth-order valence-electron chi connectivity index (χ4n) is 2.67. The van der Waals surface area contributed by atoms with Gasteiger partial charge in [-0.2, -0.15) is 0 Å². The summed E-state index contributed by atoms with van der Waals surface area (Å²) in [5, 5.41) is 3.39. The van der Waals surface area contributed by atoms with Gasteiger partial charge in [0.15, 0.2) is 5.58 Å². The van der Waals surface area contributed by atoms with Crippen LogP contribution in [0.2, 0.25) is 0 Å². The van der Waals surface area contributed by atoms with Gasteiger partial charge in [-0.05, 0) is 56.0 Å². The lowest BCUT2D eigenvalue weighted by Crippen LogP contribution is -2.09. The molecule has 1 aliphatic heterocycles. The van der Waals surface area contributed by atoms with Crippen LogP contribution in [0.5, 0.6) is 0 Å². The Morgan fingerprint density at radius 2 is 2.39 bits per heavy atom. The first-order valence-electron chi connectivity index (χ1n) is 6.53. The number of hydrogen-bond acceptors (Lipinski definition) is 3. The number of aryl methyl sites for hydroxylation is 2. The third-order valence-corrected chi connectivity index (χ3v) is 3.86. The summed E-state index contributed by atoms with van der Waals surface area (Å²) in [6, 6.07) is 6.07. The van der Waals surface area contributed by atoms with Crippen LogP contribution in [0.4, 0.5) is 0 Å². The van der Waals surface area contributed by atoms with E-state index in [1.165, 1.54) is 18.4 Å². The maximum atomic E-state index is 11.4. The van der Waals surface area contributed by atoms with E-state index in [9.17, 15) is 4.79 Å². The van der Waals surface area contributed by atoms with Crippen molar-refractivity contribution in [2.45, 2.75) is 19.3 Å². The standard InChI is InChI=1S/C14H18N2O2/c1-16-12-5-4-10(8-13(12)18-14(16)17)2-3-11-6-7-15-9-11/h4-5,8,11,15H,2-3,6-7,9H2,1H3. The summed E-state index contributed by atoms with van der Waals surface area (Å²) in [5.41, 5.74) is 2.82. The molecular weight excluding hydrogens is 228 g/mol. The minimum atomic E-state index is -0.290. The van der Waals surface area contributed by atoms with Gasteiger partial charge >= 0.3 is 5.76 Å². The Kier molecular flexibility index (Phi) is 2.96. The number of fused-ring (bicyclic) bond motifs is 1. The van der Waals surface area contributed by atoms with Gasteiger partial charge in [0, 0.05) is 7.05 Å². The van der Waals surface area contributed by atoms with Gasteiger partial charge < -0.3 is 9.73 Å². The quantitative estimate of drug-likeness (QED) is 0.896. The average Bonchev–Trinajstić information content (AvgIpc) is 2.97. The van der Waals surface area contributed by atoms with Crippen molar-refractivity contribution in [2.75, 3.05) is 13.1 Å². The molecule has 96 valence electrons. The van der Waals surface area contributed by atoms with Crippen LogP contribution in [0.3, 0.4) is 0 Å². The zero-order valence-electron chi connectivity index (χ0n) is 10.6. The molecule has 2 heterocycles. The summed E-state index contributed by atoms with van der Waals surface area (Å²) < 4.78 is 6.75. The maximum absolute atomic E-state index is 11.4. The predicted octanol–water partition coefficient (Wildman–Crippen LogP) is 1.67. The van der Waals surface area contributed by atoms with Crippen LogP contribution in [0, 0.1) is 5.92 Å². The highest BCUT2D eigenvalue weighted by atomic mass is 16.4. The van der Waals surface area contributed by atoms with Crippen molar-refractivity contribution in [3.63, 3.8) is 0 Å². The fourth-order valence-corrected chi connectivity index (χ4v) is 2.67. The van der Waals surface area contributed by atoms with E-state index in [2.05, 4.69) is 11.4 Å². The highest BCUT2D eigenvalue weighted by Crippen LogP contribution is 2.19. The summed E-state index contributed by atoms with van der Waals surface area (Å²) >= 11 is 0. The average molecular weight is 246 g/mol. The molecule has 1 N–H and O–H groups in total. The number of benzene rings is 1. The molecule has 1 aromatic heterocycles. The maximum Gasteiger partial charge on any atom is 0.419 e. The van der Waals surface area contributed by atoms with Gasteiger partial charge in [0.05, 0.1) is 5.52 Å². The molecule has 1 atom stereocenters. The van der Waals surface area contributed by atoms with Gasteiger partial charge in [0.2, 0.25) is 0 Å². The lowest BCUT2D eigenvalue weighted by Gasteiger charge is -2.07. The Bertz CT molecular complexity index is 606. The van der Waals surface area contributed by atoms with Crippen molar-refractivity contribution >= 4 is 11.1 Å². The molecule has 4 heteroatoms. The van der Waals surface area contributed by atoms with E-state index in [0.717, 1.165) is 30.9 Å². The largest absolute Gasteiger partial charge is 0.419 e. The number of rotatable bonds is 3. The van der Waals surface area contributed by atoms with E-state index in [0.29, 0.717) is 5.58 Å². The van der Waals surface area contributed by atoms with Crippen LogP contribution in [0.1, 0.15) is 18.4 Å². The molecule has 1 fully saturated rings. The minimum Gasteiger partial charge on any atom is -0.408 e. The molecule has 2 aromatic rings. The summed E-state index contributed by atoms with van der Waals surface area (Å²) in [7, 11) is 1.73. The molecule has 1 aromatic carbocycles. The van der Waals surface area contributed by atoms with E-state index >= 15 is 0 Å². The van der Waals surface area contributed by atoms with Crippen molar-refractivity contribution in [3.05, 3.63) is 34.3 Å². The molecule has 0 amide bonds. The SMILES string of the molecule is Cn1c(=O)oc2cc(CCC3CCNC3)ccc21. The van der Waals surface area contributed by atoms with Crippen molar-refractivity contribution in [1.29, 1.82) is 0 Å². The van der Waals surface area contributed by atoms with Crippen LogP contribution in [-0.2, 0) is 13.5 Å². The second-order valence-electron chi connectivity index (χ2n) is 5.13. The molecule has 4 nitrogen and oxygen atoms in total. The second kappa shape index (κ2) is 4.61. The van der Waals surface area contributed by atoms with Gasteiger partial charge in [-0.25, -0.2) is 4.79 Å². The van der Waals surface area contributed by atoms with Crippen LogP contribution < -0.4 is 11.1 Å². The molecule has 0 radical (unpaired) electrons. The van der Waals surface area contributed by atoms with E-state index in [1.807, 2.05) is 12.1 Å². The van der Waals surface area contributed by atoms with Crippen LogP contribution in [-0.4, -0.2) is 17.7 Å². The third kappa shape index (κ3) is 2.08.